The number of rotatable bonds is 4. The van der Waals surface area contributed by atoms with Crippen LogP contribution in [0.3, 0.4) is 0 Å². The highest BCUT2D eigenvalue weighted by Crippen LogP contribution is 2.26. The van der Waals surface area contributed by atoms with Crippen LogP contribution in [0.25, 0.3) is 0 Å². The molecule has 2 atom stereocenters. The maximum Gasteiger partial charge on any atom is 0.134 e. The van der Waals surface area contributed by atoms with Gasteiger partial charge in [0.05, 0.1) is 12.1 Å². The van der Waals surface area contributed by atoms with Crippen molar-refractivity contribution in [3.8, 4) is 0 Å². The molecule has 5 heteroatoms. The molecule has 0 saturated heterocycles. The zero-order valence-corrected chi connectivity index (χ0v) is 12.1. The van der Waals surface area contributed by atoms with Crippen molar-refractivity contribution in [2.24, 2.45) is 0 Å². The van der Waals surface area contributed by atoms with Gasteiger partial charge in [0.2, 0.25) is 0 Å². The van der Waals surface area contributed by atoms with Crippen LogP contribution in [-0.4, -0.2) is 40.8 Å². The molecule has 1 aromatic heterocycles. The molecule has 1 aliphatic carbocycles. The fourth-order valence-corrected chi connectivity index (χ4v) is 2.72. The summed E-state index contributed by atoms with van der Waals surface area (Å²) in [4.78, 5) is 10.9. The number of aryl methyl sites for hydroxylation is 1. The van der Waals surface area contributed by atoms with Crippen LogP contribution in [-0.2, 0) is 0 Å². The van der Waals surface area contributed by atoms with E-state index < -0.39 is 0 Å². The van der Waals surface area contributed by atoms with Gasteiger partial charge in [0, 0.05) is 19.7 Å². The van der Waals surface area contributed by atoms with Gasteiger partial charge in [-0.1, -0.05) is 12.8 Å². The number of likely N-dealkylation sites (N-methyl/N-ethyl adjacent to an activating group) is 1. The molecule has 2 N–H and O–H groups in total. The summed E-state index contributed by atoms with van der Waals surface area (Å²) >= 11 is 0. The minimum Gasteiger partial charge on any atom is -0.391 e. The molecule has 19 heavy (non-hydrogen) atoms. The van der Waals surface area contributed by atoms with Gasteiger partial charge in [-0.15, -0.1) is 0 Å². The van der Waals surface area contributed by atoms with Gasteiger partial charge in [-0.05, 0) is 26.7 Å². The second kappa shape index (κ2) is 6.19. The monoisotopic (exact) mass is 264 g/mol. The van der Waals surface area contributed by atoms with Crippen molar-refractivity contribution in [2.45, 2.75) is 51.7 Å². The molecular weight excluding hydrogens is 240 g/mol. The highest BCUT2D eigenvalue weighted by Gasteiger charge is 2.27. The summed E-state index contributed by atoms with van der Waals surface area (Å²) in [5.74, 6) is 2.49. The summed E-state index contributed by atoms with van der Waals surface area (Å²) in [7, 11) is 2.01. The van der Waals surface area contributed by atoms with Crippen LogP contribution in [0.5, 0.6) is 0 Å². The van der Waals surface area contributed by atoms with Gasteiger partial charge in [0.15, 0.2) is 0 Å². The Kier molecular flexibility index (Phi) is 4.58. The smallest absolute Gasteiger partial charge is 0.134 e. The second-order valence-electron chi connectivity index (χ2n) is 5.22. The van der Waals surface area contributed by atoms with Gasteiger partial charge in [-0.25, -0.2) is 9.97 Å². The standard InChI is InChI=1S/C14H24N4O/c1-4-15-13-9-14(17-10(2)16-13)18(3)11-7-5-6-8-12(11)19/h9,11-12,19H,4-8H2,1-3H3,(H,15,16,17). The highest BCUT2D eigenvalue weighted by atomic mass is 16.3. The Morgan fingerprint density at radius 1 is 1.37 bits per heavy atom. The molecule has 0 bridgehead atoms. The van der Waals surface area contributed by atoms with Crippen LogP contribution in [0.2, 0.25) is 0 Å². The topological polar surface area (TPSA) is 61.3 Å². The van der Waals surface area contributed by atoms with E-state index in [0.29, 0.717) is 0 Å². The van der Waals surface area contributed by atoms with Gasteiger partial charge < -0.3 is 15.3 Å². The van der Waals surface area contributed by atoms with Gasteiger partial charge >= 0.3 is 0 Å². The first-order chi connectivity index (χ1) is 9.11. The summed E-state index contributed by atoms with van der Waals surface area (Å²) in [5.41, 5.74) is 0. The van der Waals surface area contributed by atoms with Gasteiger partial charge in [0.25, 0.3) is 0 Å². The third-order valence-corrected chi connectivity index (χ3v) is 3.74. The van der Waals surface area contributed by atoms with Crippen LogP contribution < -0.4 is 10.2 Å². The molecule has 5 nitrogen and oxygen atoms in total. The Morgan fingerprint density at radius 3 is 2.79 bits per heavy atom. The van der Waals surface area contributed by atoms with E-state index in [1.807, 2.05) is 27.0 Å². The molecule has 1 aliphatic rings. The average molecular weight is 264 g/mol. The predicted octanol–water partition coefficient (Wildman–Crippen LogP) is 1.96. The van der Waals surface area contributed by atoms with E-state index in [0.717, 1.165) is 43.3 Å². The van der Waals surface area contributed by atoms with E-state index in [4.69, 9.17) is 0 Å². The third-order valence-electron chi connectivity index (χ3n) is 3.74. The summed E-state index contributed by atoms with van der Waals surface area (Å²) < 4.78 is 0. The average Bonchev–Trinajstić information content (AvgIpc) is 2.38. The number of hydrogen-bond donors (Lipinski definition) is 2. The lowest BCUT2D eigenvalue weighted by Gasteiger charge is -2.36. The van der Waals surface area contributed by atoms with Crippen LogP contribution in [0.1, 0.15) is 38.4 Å². The predicted molar refractivity (Wildman–Crippen MR) is 77.6 cm³/mol. The number of nitrogens with one attached hydrogen (secondary N) is 1. The van der Waals surface area contributed by atoms with Crippen molar-refractivity contribution in [2.75, 3.05) is 23.8 Å². The molecule has 1 aromatic rings. The molecule has 0 spiro atoms. The van der Waals surface area contributed by atoms with Crippen LogP contribution in [0.4, 0.5) is 11.6 Å². The van der Waals surface area contributed by atoms with E-state index in [1.54, 1.807) is 0 Å². The molecule has 0 radical (unpaired) electrons. The zero-order chi connectivity index (χ0) is 13.8. The largest absolute Gasteiger partial charge is 0.391 e. The first-order valence-electron chi connectivity index (χ1n) is 7.12. The molecule has 106 valence electrons. The number of aliphatic hydroxyl groups is 1. The van der Waals surface area contributed by atoms with E-state index in [-0.39, 0.29) is 12.1 Å². The first kappa shape index (κ1) is 14.1. The Labute approximate surface area is 115 Å². The van der Waals surface area contributed by atoms with Crippen LogP contribution in [0.15, 0.2) is 6.07 Å². The maximum atomic E-state index is 10.1. The molecule has 1 saturated carbocycles. The van der Waals surface area contributed by atoms with E-state index in [2.05, 4.69) is 20.2 Å². The number of aromatic nitrogens is 2. The maximum absolute atomic E-state index is 10.1. The Balaban J connectivity index is 2.19. The number of hydrogen-bond acceptors (Lipinski definition) is 5. The van der Waals surface area contributed by atoms with Gasteiger partial charge in [-0.3, -0.25) is 0 Å². The molecule has 0 aromatic carbocycles. The van der Waals surface area contributed by atoms with Crippen molar-refractivity contribution < 1.29 is 5.11 Å². The van der Waals surface area contributed by atoms with E-state index in [1.165, 1.54) is 6.42 Å². The lowest BCUT2D eigenvalue weighted by molar-refractivity contribution is 0.106. The number of nitrogens with zero attached hydrogens (tertiary/aromatic N) is 3. The molecule has 1 fully saturated rings. The van der Waals surface area contributed by atoms with E-state index in [9.17, 15) is 5.11 Å². The quantitative estimate of drug-likeness (QED) is 0.870. The SMILES string of the molecule is CCNc1cc(N(C)C2CCCCC2O)nc(C)n1. The fourth-order valence-electron chi connectivity index (χ4n) is 2.72. The summed E-state index contributed by atoms with van der Waals surface area (Å²) in [6.45, 7) is 4.78. The minimum atomic E-state index is -0.253. The summed E-state index contributed by atoms with van der Waals surface area (Å²) in [6.07, 6.45) is 3.96. The molecule has 0 aliphatic heterocycles. The first-order valence-corrected chi connectivity index (χ1v) is 7.12. The molecular formula is C14H24N4O. The normalized spacial score (nSPS) is 23.2. The lowest BCUT2D eigenvalue weighted by atomic mass is 9.91. The second-order valence-corrected chi connectivity index (χ2v) is 5.22. The zero-order valence-electron chi connectivity index (χ0n) is 12.1. The van der Waals surface area contributed by atoms with Crippen molar-refractivity contribution in [3.05, 3.63) is 11.9 Å². The Bertz CT molecular complexity index is 424. The minimum absolute atomic E-state index is 0.164. The van der Waals surface area contributed by atoms with Crippen molar-refractivity contribution >= 4 is 11.6 Å². The molecule has 2 rings (SSSR count). The molecule has 1 heterocycles. The van der Waals surface area contributed by atoms with Crippen molar-refractivity contribution in [3.63, 3.8) is 0 Å². The fraction of sp³-hybridized carbons (Fsp3) is 0.714. The Hall–Kier alpha value is -1.36. The van der Waals surface area contributed by atoms with Gasteiger partial charge in [-0.2, -0.15) is 0 Å². The Morgan fingerprint density at radius 2 is 2.11 bits per heavy atom. The summed E-state index contributed by atoms with van der Waals surface area (Å²) in [5, 5.41) is 13.4. The van der Waals surface area contributed by atoms with Crippen molar-refractivity contribution in [1.29, 1.82) is 0 Å². The van der Waals surface area contributed by atoms with Crippen molar-refractivity contribution in [1.82, 2.24) is 9.97 Å². The number of aliphatic hydroxyl groups excluding tert-OH is 1. The number of anilines is 2. The van der Waals surface area contributed by atoms with Gasteiger partial charge in [0.1, 0.15) is 17.5 Å². The lowest BCUT2D eigenvalue weighted by Crippen LogP contribution is -2.43. The van der Waals surface area contributed by atoms with Crippen LogP contribution >= 0.6 is 0 Å². The third kappa shape index (κ3) is 3.35. The summed E-state index contributed by atoms with van der Waals surface area (Å²) in [6, 6.07) is 2.12. The highest BCUT2D eigenvalue weighted by molar-refractivity contribution is 5.49. The molecule has 2 unspecified atom stereocenters. The van der Waals surface area contributed by atoms with E-state index >= 15 is 0 Å². The molecule has 0 amide bonds. The van der Waals surface area contributed by atoms with Crippen LogP contribution in [0, 0.1) is 6.92 Å².